The van der Waals surface area contributed by atoms with Crippen LogP contribution in [0.1, 0.15) is 18.9 Å². The molecule has 84 valence electrons. The zero-order chi connectivity index (χ0) is 11.8. The first kappa shape index (κ1) is 10.6. The lowest BCUT2D eigenvalue weighted by atomic mass is 9.87. The van der Waals surface area contributed by atoms with Gasteiger partial charge in [-0.25, -0.2) is 10.6 Å². The van der Waals surface area contributed by atoms with Gasteiger partial charge in [0.1, 0.15) is 5.54 Å². The lowest BCUT2D eigenvalue weighted by molar-refractivity contribution is -0.132. The van der Waals surface area contributed by atoms with Gasteiger partial charge in [0, 0.05) is 0 Å². The van der Waals surface area contributed by atoms with Crippen molar-refractivity contribution in [1.82, 2.24) is 10.3 Å². The fraction of sp³-hybridized carbons (Fsp3) is 0.273. The Morgan fingerprint density at radius 2 is 1.94 bits per heavy atom. The summed E-state index contributed by atoms with van der Waals surface area (Å²) in [5.41, 5.74) is -0.253. The van der Waals surface area contributed by atoms with Crippen LogP contribution >= 0.6 is 0 Å². The third-order valence-electron chi connectivity index (χ3n) is 2.92. The first-order valence-electron chi connectivity index (χ1n) is 5.09. The molecule has 1 aromatic rings. The molecule has 0 aliphatic carbocycles. The SMILES string of the molecule is CC[C@@]1(c2ccccc2)NC(=O)N(N)C1=O. The predicted octanol–water partition coefficient (Wildman–Crippen LogP) is 0.717. The molecule has 5 nitrogen and oxygen atoms in total. The number of nitrogens with two attached hydrogens (primary N) is 1. The van der Waals surface area contributed by atoms with E-state index in [1.54, 1.807) is 12.1 Å². The standard InChI is InChI=1S/C11H13N3O2/c1-2-11(8-6-4-3-5-7-8)9(15)14(12)10(16)13-11/h3-7H,2,12H2,1H3,(H,13,16)/t11-/m0/s1. The number of nitrogens with one attached hydrogen (secondary N) is 1. The van der Waals surface area contributed by atoms with Crippen molar-refractivity contribution in [2.75, 3.05) is 0 Å². The van der Waals surface area contributed by atoms with Gasteiger partial charge in [0.2, 0.25) is 0 Å². The fourth-order valence-electron chi connectivity index (χ4n) is 1.96. The van der Waals surface area contributed by atoms with Gasteiger partial charge in [-0.3, -0.25) is 4.79 Å². The van der Waals surface area contributed by atoms with Crippen molar-refractivity contribution in [2.45, 2.75) is 18.9 Å². The molecule has 1 aliphatic rings. The van der Waals surface area contributed by atoms with Crippen LogP contribution in [0, 0.1) is 0 Å². The Kier molecular flexibility index (Phi) is 2.40. The predicted molar refractivity (Wildman–Crippen MR) is 58.0 cm³/mol. The molecular formula is C11H13N3O2. The van der Waals surface area contributed by atoms with Crippen molar-refractivity contribution in [3.63, 3.8) is 0 Å². The Morgan fingerprint density at radius 3 is 2.38 bits per heavy atom. The monoisotopic (exact) mass is 219 g/mol. The molecule has 5 heteroatoms. The highest BCUT2D eigenvalue weighted by Gasteiger charge is 2.50. The number of amides is 3. The third kappa shape index (κ3) is 1.29. The van der Waals surface area contributed by atoms with Gasteiger partial charge in [0.15, 0.2) is 0 Å². The molecular weight excluding hydrogens is 206 g/mol. The van der Waals surface area contributed by atoms with Crippen LogP contribution in [0.2, 0.25) is 0 Å². The van der Waals surface area contributed by atoms with Crippen LogP contribution in [-0.2, 0) is 10.3 Å². The van der Waals surface area contributed by atoms with E-state index < -0.39 is 17.5 Å². The molecule has 16 heavy (non-hydrogen) atoms. The number of imide groups is 1. The Hall–Kier alpha value is -1.88. The number of urea groups is 1. The molecule has 0 saturated carbocycles. The molecule has 1 aromatic carbocycles. The van der Waals surface area contributed by atoms with Gasteiger partial charge in [0.25, 0.3) is 5.91 Å². The highest BCUT2D eigenvalue weighted by atomic mass is 16.2. The number of carbonyl (C=O) groups excluding carboxylic acids is 2. The molecule has 1 atom stereocenters. The summed E-state index contributed by atoms with van der Waals surface area (Å²) in [7, 11) is 0. The zero-order valence-electron chi connectivity index (χ0n) is 8.93. The molecule has 0 radical (unpaired) electrons. The van der Waals surface area contributed by atoms with E-state index in [1.165, 1.54) is 0 Å². The van der Waals surface area contributed by atoms with Crippen LogP contribution in [0.5, 0.6) is 0 Å². The minimum absolute atomic E-state index is 0.411. The van der Waals surface area contributed by atoms with Crippen molar-refractivity contribution >= 4 is 11.9 Å². The molecule has 1 aliphatic heterocycles. The van der Waals surface area contributed by atoms with Crippen LogP contribution in [0.25, 0.3) is 0 Å². The summed E-state index contributed by atoms with van der Waals surface area (Å²) in [6.07, 6.45) is 0.468. The van der Waals surface area contributed by atoms with Crippen LogP contribution < -0.4 is 11.2 Å². The number of hydrogen-bond acceptors (Lipinski definition) is 3. The molecule has 0 unspecified atom stereocenters. The maximum Gasteiger partial charge on any atom is 0.339 e. The summed E-state index contributed by atoms with van der Waals surface area (Å²) in [4.78, 5) is 23.4. The van der Waals surface area contributed by atoms with E-state index in [4.69, 9.17) is 5.84 Å². The Labute approximate surface area is 93.2 Å². The van der Waals surface area contributed by atoms with E-state index in [0.717, 1.165) is 5.56 Å². The van der Waals surface area contributed by atoms with E-state index in [2.05, 4.69) is 5.32 Å². The van der Waals surface area contributed by atoms with Crippen LogP contribution in [-0.4, -0.2) is 16.9 Å². The smallest absolute Gasteiger partial charge is 0.318 e. The number of benzene rings is 1. The maximum absolute atomic E-state index is 12.0. The molecule has 1 saturated heterocycles. The lowest BCUT2D eigenvalue weighted by Gasteiger charge is -2.24. The molecule has 3 amide bonds. The van der Waals surface area contributed by atoms with Crippen molar-refractivity contribution in [3.8, 4) is 0 Å². The van der Waals surface area contributed by atoms with Crippen molar-refractivity contribution in [3.05, 3.63) is 35.9 Å². The second-order valence-electron chi connectivity index (χ2n) is 3.73. The second-order valence-corrected chi connectivity index (χ2v) is 3.73. The second kappa shape index (κ2) is 3.61. The number of carbonyl (C=O) groups is 2. The minimum atomic E-state index is -1.01. The van der Waals surface area contributed by atoms with E-state index in [1.807, 2.05) is 25.1 Å². The van der Waals surface area contributed by atoms with Gasteiger partial charge in [-0.1, -0.05) is 37.3 Å². The van der Waals surface area contributed by atoms with Gasteiger partial charge in [-0.15, -0.1) is 0 Å². The van der Waals surface area contributed by atoms with Gasteiger partial charge >= 0.3 is 6.03 Å². The highest BCUT2D eigenvalue weighted by Crippen LogP contribution is 2.30. The van der Waals surface area contributed by atoms with Crippen molar-refractivity contribution < 1.29 is 9.59 Å². The average molecular weight is 219 g/mol. The van der Waals surface area contributed by atoms with Crippen LogP contribution in [0.3, 0.4) is 0 Å². The molecule has 1 fully saturated rings. The quantitative estimate of drug-likeness (QED) is 0.437. The van der Waals surface area contributed by atoms with Gasteiger partial charge in [-0.2, -0.15) is 5.01 Å². The highest BCUT2D eigenvalue weighted by molar-refractivity contribution is 6.06. The van der Waals surface area contributed by atoms with Gasteiger partial charge in [-0.05, 0) is 12.0 Å². The molecule has 0 aromatic heterocycles. The number of hydrogen-bond donors (Lipinski definition) is 2. The Morgan fingerprint density at radius 1 is 1.31 bits per heavy atom. The van der Waals surface area contributed by atoms with Crippen molar-refractivity contribution in [1.29, 1.82) is 0 Å². The third-order valence-corrected chi connectivity index (χ3v) is 2.92. The minimum Gasteiger partial charge on any atom is -0.318 e. The molecule has 1 heterocycles. The zero-order valence-corrected chi connectivity index (χ0v) is 8.93. The maximum atomic E-state index is 12.0. The Bertz CT molecular complexity index is 432. The molecule has 2 rings (SSSR count). The normalized spacial score (nSPS) is 24.8. The van der Waals surface area contributed by atoms with Crippen LogP contribution in [0.15, 0.2) is 30.3 Å². The van der Waals surface area contributed by atoms with Crippen LogP contribution in [0.4, 0.5) is 4.79 Å². The van der Waals surface area contributed by atoms with E-state index >= 15 is 0 Å². The lowest BCUT2D eigenvalue weighted by Crippen LogP contribution is -2.44. The number of hydrazine groups is 1. The number of rotatable bonds is 2. The van der Waals surface area contributed by atoms with E-state index in [0.29, 0.717) is 11.4 Å². The number of nitrogens with zero attached hydrogens (tertiary/aromatic N) is 1. The summed E-state index contributed by atoms with van der Waals surface area (Å²) < 4.78 is 0. The summed E-state index contributed by atoms with van der Waals surface area (Å²) in [5, 5.41) is 3.28. The van der Waals surface area contributed by atoms with Crippen molar-refractivity contribution in [2.24, 2.45) is 5.84 Å². The summed E-state index contributed by atoms with van der Waals surface area (Å²) in [6, 6.07) is 8.56. The van der Waals surface area contributed by atoms with Gasteiger partial charge in [0.05, 0.1) is 0 Å². The molecule has 0 bridgehead atoms. The summed E-state index contributed by atoms with van der Waals surface area (Å²) in [5.74, 6) is 4.97. The first-order valence-corrected chi connectivity index (χ1v) is 5.09. The fourth-order valence-corrected chi connectivity index (χ4v) is 1.96. The Balaban J connectivity index is 2.50. The van der Waals surface area contributed by atoms with E-state index in [9.17, 15) is 9.59 Å². The van der Waals surface area contributed by atoms with Gasteiger partial charge < -0.3 is 5.32 Å². The average Bonchev–Trinajstić information content (AvgIpc) is 2.55. The summed E-state index contributed by atoms with van der Waals surface area (Å²) >= 11 is 0. The molecule has 0 spiro atoms. The summed E-state index contributed by atoms with van der Waals surface area (Å²) in [6.45, 7) is 1.84. The topological polar surface area (TPSA) is 75.4 Å². The first-order chi connectivity index (χ1) is 7.62. The molecule has 3 N–H and O–H groups in total. The van der Waals surface area contributed by atoms with E-state index in [-0.39, 0.29) is 0 Å². The largest absolute Gasteiger partial charge is 0.339 e.